The number of piperidine rings is 1. The van der Waals surface area contributed by atoms with E-state index >= 15 is 0 Å². The van der Waals surface area contributed by atoms with Crippen LogP contribution in [0, 0.1) is 5.92 Å². The van der Waals surface area contributed by atoms with Gasteiger partial charge in [-0.15, -0.1) is 11.3 Å². The van der Waals surface area contributed by atoms with E-state index in [1.165, 1.54) is 17.8 Å². The summed E-state index contributed by atoms with van der Waals surface area (Å²) < 4.78 is 0. The summed E-state index contributed by atoms with van der Waals surface area (Å²) in [5.74, 6) is 0.751. The highest BCUT2D eigenvalue weighted by Gasteiger charge is 2.28. The zero-order valence-electron chi connectivity index (χ0n) is 10.4. The van der Waals surface area contributed by atoms with Gasteiger partial charge in [-0.25, -0.2) is 0 Å². The Hall–Kier alpha value is -0.380. The molecule has 0 radical (unpaired) electrons. The number of nitrogens with one attached hydrogen (secondary N) is 1. The lowest BCUT2D eigenvalue weighted by Crippen LogP contribution is -2.50. The lowest BCUT2D eigenvalue weighted by molar-refractivity contribution is 0.121. The SMILES string of the molecule is CC1CN(C)C(C)CC1NCc1cccs1. The Morgan fingerprint density at radius 1 is 1.50 bits per heavy atom. The van der Waals surface area contributed by atoms with Crippen LogP contribution in [0.4, 0.5) is 0 Å². The summed E-state index contributed by atoms with van der Waals surface area (Å²) in [6.07, 6.45) is 1.27. The maximum Gasteiger partial charge on any atom is 0.0302 e. The second kappa shape index (κ2) is 5.30. The first-order chi connectivity index (χ1) is 7.66. The molecule has 0 aliphatic carbocycles. The maximum absolute atomic E-state index is 3.71. The van der Waals surface area contributed by atoms with Crippen LogP contribution >= 0.6 is 11.3 Å². The summed E-state index contributed by atoms with van der Waals surface area (Å²) >= 11 is 1.84. The Bertz CT molecular complexity index is 310. The molecule has 2 nitrogen and oxygen atoms in total. The van der Waals surface area contributed by atoms with E-state index in [1.807, 2.05) is 11.3 Å². The van der Waals surface area contributed by atoms with Crippen LogP contribution in [-0.4, -0.2) is 30.6 Å². The molecular formula is C13H22N2S. The van der Waals surface area contributed by atoms with Gasteiger partial charge in [-0.2, -0.15) is 0 Å². The molecule has 1 aliphatic heterocycles. The summed E-state index contributed by atoms with van der Waals surface area (Å²) in [6, 6.07) is 5.72. The van der Waals surface area contributed by atoms with Gasteiger partial charge in [-0.05, 0) is 37.8 Å². The van der Waals surface area contributed by atoms with Gasteiger partial charge in [0, 0.05) is 30.1 Å². The fourth-order valence-corrected chi connectivity index (χ4v) is 3.13. The van der Waals surface area contributed by atoms with Crippen LogP contribution in [0.15, 0.2) is 17.5 Å². The second-order valence-electron chi connectivity index (χ2n) is 5.07. The molecule has 2 rings (SSSR count). The third kappa shape index (κ3) is 2.84. The molecule has 3 heteroatoms. The number of rotatable bonds is 3. The third-order valence-electron chi connectivity index (χ3n) is 3.73. The molecule has 0 spiro atoms. The van der Waals surface area contributed by atoms with E-state index in [0.717, 1.165) is 12.5 Å². The molecule has 0 amide bonds. The summed E-state index contributed by atoms with van der Waals surface area (Å²) in [6.45, 7) is 6.92. The van der Waals surface area contributed by atoms with Crippen molar-refractivity contribution in [1.82, 2.24) is 10.2 Å². The molecule has 0 aromatic carbocycles. The Balaban J connectivity index is 1.85. The van der Waals surface area contributed by atoms with Crippen LogP contribution in [-0.2, 0) is 6.54 Å². The predicted octanol–water partition coefficient (Wildman–Crippen LogP) is 2.57. The van der Waals surface area contributed by atoms with Gasteiger partial charge in [0.25, 0.3) is 0 Å². The minimum atomic E-state index is 0.674. The van der Waals surface area contributed by atoms with Gasteiger partial charge in [0.15, 0.2) is 0 Å². The number of nitrogens with zero attached hydrogens (tertiary/aromatic N) is 1. The average molecular weight is 238 g/mol. The van der Waals surface area contributed by atoms with Crippen LogP contribution in [0.5, 0.6) is 0 Å². The van der Waals surface area contributed by atoms with Crippen molar-refractivity contribution in [1.29, 1.82) is 0 Å². The molecule has 0 bridgehead atoms. The van der Waals surface area contributed by atoms with Crippen molar-refractivity contribution < 1.29 is 0 Å². The summed E-state index contributed by atoms with van der Waals surface area (Å²) in [5.41, 5.74) is 0. The predicted molar refractivity (Wildman–Crippen MR) is 70.8 cm³/mol. The molecule has 1 N–H and O–H groups in total. The summed E-state index contributed by atoms with van der Waals surface area (Å²) in [4.78, 5) is 3.91. The van der Waals surface area contributed by atoms with Crippen molar-refractivity contribution in [3.05, 3.63) is 22.4 Å². The van der Waals surface area contributed by atoms with Crippen LogP contribution < -0.4 is 5.32 Å². The summed E-state index contributed by atoms with van der Waals surface area (Å²) in [5, 5.41) is 5.86. The van der Waals surface area contributed by atoms with Crippen molar-refractivity contribution in [2.75, 3.05) is 13.6 Å². The molecule has 3 atom stereocenters. The Labute approximate surface area is 103 Å². The normalized spacial score (nSPS) is 31.8. The molecule has 2 heterocycles. The Morgan fingerprint density at radius 2 is 2.31 bits per heavy atom. The third-order valence-corrected chi connectivity index (χ3v) is 4.61. The first-order valence-electron chi connectivity index (χ1n) is 6.13. The van der Waals surface area contributed by atoms with Gasteiger partial charge in [0.2, 0.25) is 0 Å². The lowest BCUT2D eigenvalue weighted by atomic mass is 9.90. The molecule has 1 aromatic rings. The van der Waals surface area contributed by atoms with Crippen LogP contribution in [0.1, 0.15) is 25.1 Å². The van der Waals surface area contributed by atoms with Crippen LogP contribution in [0.3, 0.4) is 0 Å². The van der Waals surface area contributed by atoms with Crippen molar-refractivity contribution in [2.45, 2.75) is 38.9 Å². The quantitative estimate of drug-likeness (QED) is 0.870. The molecule has 0 saturated carbocycles. The fraction of sp³-hybridized carbons (Fsp3) is 0.692. The first kappa shape index (κ1) is 12.1. The van der Waals surface area contributed by atoms with Crippen molar-refractivity contribution in [3.8, 4) is 0 Å². The number of hydrogen-bond donors (Lipinski definition) is 1. The smallest absolute Gasteiger partial charge is 0.0302 e. The van der Waals surface area contributed by atoms with Crippen molar-refractivity contribution in [2.24, 2.45) is 5.92 Å². The van der Waals surface area contributed by atoms with Crippen molar-refractivity contribution in [3.63, 3.8) is 0 Å². The van der Waals surface area contributed by atoms with E-state index in [9.17, 15) is 0 Å². The van der Waals surface area contributed by atoms with E-state index in [-0.39, 0.29) is 0 Å². The van der Waals surface area contributed by atoms with Gasteiger partial charge in [0.1, 0.15) is 0 Å². The maximum atomic E-state index is 3.71. The van der Waals surface area contributed by atoms with Gasteiger partial charge in [0.05, 0.1) is 0 Å². The largest absolute Gasteiger partial charge is 0.309 e. The molecule has 3 unspecified atom stereocenters. The lowest BCUT2D eigenvalue weighted by Gasteiger charge is -2.40. The minimum Gasteiger partial charge on any atom is -0.309 e. The molecule has 90 valence electrons. The molecule has 1 aliphatic rings. The van der Waals surface area contributed by atoms with E-state index < -0.39 is 0 Å². The highest BCUT2D eigenvalue weighted by Crippen LogP contribution is 2.21. The standard InChI is InChI=1S/C13H22N2S/c1-10-9-15(3)11(2)7-13(10)14-8-12-5-4-6-16-12/h4-6,10-11,13-14H,7-9H2,1-3H3. The van der Waals surface area contributed by atoms with Crippen molar-refractivity contribution >= 4 is 11.3 Å². The number of hydrogen-bond acceptors (Lipinski definition) is 3. The summed E-state index contributed by atoms with van der Waals surface area (Å²) in [7, 11) is 2.23. The van der Waals surface area contributed by atoms with E-state index in [4.69, 9.17) is 0 Å². The molecule has 1 saturated heterocycles. The molecule has 1 aromatic heterocycles. The molecule has 1 fully saturated rings. The molecule has 16 heavy (non-hydrogen) atoms. The van der Waals surface area contributed by atoms with Gasteiger partial charge < -0.3 is 10.2 Å². The van der Waals surface area contributed by atoms with Gasteiger partial charge >= 0.3 is 0 Å². The monoisotopic (exact) mass is 238 g/mol. The number of likely N-dealkylation sites (tertiary alicyclic amines) is 1. The Kier molecular flexibility index (Phi) is 4.00. The highest BCUT2D eigenvalue weighted by atomic mass is 32.1. The molecular weight excluding hydrogens is 216 g/mol. The second-order valence-corrected chi connectivity index (χ2v) is 6.10. The fourth-order valence-electron chi connectivity index (χ4n) is 2.47. The van der Waals surface area contributed by atoms with Gasteiger partial charge in [-0.1, -0.05) is 13.0 Å². The Morgan fingerprint density at radius 3 is 3.00 bits per heavy atom. The topological polar surface area (TPSA) is 15.3 Å². The van der Waals surface area contributed by atoms with E-state index in [0.29, 0.717) is 12.1 Å². The minimum absolute atomic E-state index is 0.674. The zero-order chi connectivity index (χ0) is 11.5. The average Bonchev–Trinajstić information content (AvgIpc) is 2.74. The van der Waals surface area contributed by atoms with E-state index in [2.05, 4.69) is 48.6 Å². The highest BCUT2D eigenvalue weighted by molar-refractivity contribution is 7.09. The zero-order valence-corrected chi connectivity index (χ0v) is 11.3. The van der Waals surface area contributed by atoms with E-state index in [1.54, 1.807) is 0 Å². The first-order valence-corrected chi connectivity index (χ1v) is 7.01. The van der Waals surface area contributed by atoms with Gasteiger partial charge in [-0.3, -0.25) is 0 Å². The van der Waals surface area contributed by atoms with Crippen LogP contribution in [0.2, 0.25) is 0 Å². The number of thiophene rings is 1. The van der Waals surface area contributed by atoms with Crippen LogP contribution in [0.25, 0.3) is 0 Å².